The van der Waals surface area contributed by atoms with Crippen LogP contribution in [-0.4, -0.2) is 58.7 Å². The van der Waals surface area contributed by atoms with Crippen LogP contribution in [0.2, 0.25) is 0 Å². The molecule has 0 atom stereocenters. The summed E-state index contributed by atoms with van der Waals surface area (Å²) in [6, 6.07) is 0. The molecule has 1 aromatic heterocycles. The largest absolute Gasteiger partial charge is 0.342 e. The zero-order valence-electron chi connectivity index (χ0n) is 19.8. The summed E-state index contributed by atoms with van der Waals surface area (Å²) in [5, 5.41) is 5.15. The predicted octanol–water partition coefficient (Wildman–Crippen LogP) is 3.95. The number of piperidine rings is 1. The van der Waals surface area contributed by atoms with E-state index in [0.29, 0.717) is 29.2 Å². The molecule has 0 aromatic carbocycles. The molecule has 0 radical (unpaired) electrons. The van der Waals surface area contributed by atoms with Crippen LogP contribution in [0.25, 0.3) is 0 Å². The summed E-state index contributed by atoms with van der Waals surface area (Å²) in [5.41, 5.74) is 0.686. The van der Waals surface area contributed by atoms with Crippen molar-refractivity contribution in [2.24, 2.45) is 17.8 Å². The number of hydrogen-bond donors (Lipinski definition) is 1. The summed E-state index contributed by atoms with van der Waals surface area (Å²) in [4.78, 5) is 46.3. The van der Waals surface area contributed by atoms with Crippen molar-refractivity contribution in [3.05, 3.63) is 11.1 Å². The molecule has 1 saturated carbocycles. The first-order valence-electron chi connectivity index (χ1n) is 12.1. The molecule has 32 heavy (non-hydrogen) atoms. The van der Waals surface area contributed by atoms with E-state index in [-0.39, 0.29) is 36.6 Å². The Balaban J connectivity index is 1.52. The molecule has 1 aliphatic heterocycles. The minimum atomic E-state index is -0.230. The van der Waals surface area contributed by atoms with Gasteiger partial charge in [0.1, 0.15) is 0 Å². The number of anilines is 1. The molecule has 3 amide bonds. The smallest absolute Gasteiger partial charge is 0.245 e. The molecule has 7 nitrogen and oxygen atoms in total. The SMILES string of the molecule is CC(C)CN(CC(=O)Nc1nc(CC(=O)N2CCC(C)CC2)cs1)C(=O)C1CCCCC1. The molecule has 3 rings (SSSR count). The number of carbonyl (C=O) groups is 3. The van der Waals surface area contributed by atoms with Crippen LogP contribution in [0.5, 0.6) is 0 Å². The third-order valence-electron chi connectivity index (χ3n) is 6.45. The van der Waals surface area contributed by atoms with Gasteiger partial charge in [0.25, 0.3) is 0 Å². The summed E-state index contributed by atoms with van der Waals surface area (Å²) >= 11 is 1.33. The van der Waals surface area contributed by atoms with Gasteiger partial charge >= 0.3 is 0 Å². The second kappa shape index (κ2) is 11.8. The quantitative estimate of drug-likeness (QED) is 0.634. The molecule has 2 aliphatic rings. The maximum absolute atomic E-state index is 13.0. The standard InChI is InChI=1S/C24H38N4O3S/c1-17(2)14-28(23(31)19-7-5-4-6-8-19)15-21(29)26-24-25-20(16-32-24)13-22(30)27-11-9-18(3)10-12-27/h16-19H,4-15H2,1-3H3,(H,25,26,29). The van der Waals surface area contributed by atoms with Crippen LogP contribution >= 0.6 is 11.3 Å². The number of hydrogen-bond acceptors (Lipinski definition) is 5. The van der Waals surface area contributed by atoms with Crippen LogP contribution in [0.1, 0.15) is 71.4 Å². The lowest BCUT2D eigenvalue weighted by molar-refractivity contribution is -0.139. The third-order valence-corrected chi connectivity index (χ3v) is 7.26. The van der Waals surface area contributed by atoms with E-state index in [1.807, 2.05) is 10.3 Å². The van der Waals surface area contributed by atoms with E-state index in [9.17, 15) is 14.4 Å². The highest BCUT2D eigenvalue weighted by atomic mass is 32.1. The van der Waals surface area contributed by atoms with Crippen LogP contribution < -0.4 is 5.32 Å². The van der Waals surface area contributed by atoms with Crippen LogP contribution in [-0.2, 0) is 20.8 Å². The Morgan fingerprint density at radius 2 is 1.84 bits per heavy atom. The molecule has 2 heterocycles. The van der Waals surface area contributed by atoms with Crippen LogP contribution in [0.15, 0.2) is 5.38 Å². The average Bonchev–Trinajstić information content (AvgIpc) is 3.19. The highest BCUT2D eigenvalue weighted by Gasteiger charge is 2.28. The molecule has 1 N–H and O–H groups in total. The second-order valence-electron chi connectivity index (χ2n) is 9.88. The lowest BCUT2D eigenvalue weighted by Gasteiger charge is -2.30. The number of aromatic nitrogens is 1. The minimum Gasteiger partial charge on any atom is -0.342 e. The highest BCUT2D eigenvalue weighted by molar-refractivity contribution is 7.13. The van der Waals surface area contributed by atoms with Crippen molar-refractivity contribution in [3.63, 3.8) is 0 Å². The Morgan fingerprint density at radius 3 is 2.50 bits per heavy atom. The van der Waals surface area contributed by atoms with Crippen molar-refractivity contribution >= 4 is 34.2 Å². The van der Waals surface area contributed by atoms with Crippen molar-refractivity contribution in [3.8, 4) is 0 Å². The molecule has 2 fully saturated rings. The van der Waals surface area contributed by atoms with Gasteiger partial charge in [0.05, 0.1) is 18.7 Å². The summed E-state index contributed by atoms with van der Waals surface area (Å²) in [5.74, 6) is 1.000. The summed E-state index contributed by atoms with van der Waals surface area (Å²) in [6.07, 6.45) is 7.60. The van der Waals surface area contributed by atoms with Gasteiger partial charge in [-0.15, -0.1) is 11.3 Å². The maximum atomic E-state index is 13.0. The maximum Gasteiger partial charge on any atom is 0.245 e. The van der Waals surface area contributed by atoms with Gasteiger partial charge in [-0.2, -0.15) is 0 Å². The Labute approximate surface area is 195 Å². The molecule has 0 bridgehead atoms. The van der Waals surface area contributed by atoms with Gasteiger partial charge < -0.3 is 15.1 Å². The van der Waals surface area contributed by atoms with Gasteiger partial charge in [0.2, 0.25) is 17.7 Å². The Bertz CT molecular complexity index is 780. The first-order chi connectivity index (χ1) is 15.3. The number of amides is 3. The van der Waals surface area contributed by atoms with Gasteiger partial charge in [-0.25, -0.2) is 4.98 Å². The zero-order valence-corrected chi connectivity index (χ0v) is 20.6. The van der Waals surface area contributed by atoms with Crippen molar-refractivity contribution < 1.29 is 14.4 Å². The number of nitrogens with one attached hydrogen (secondary N) is 1. The van der Waals surface area contributed by atoms with Crippen molar-refractivity contribution in [1.82, 2.24) is 14.8 Å². The van der Waals surface area contributed by atoms with E-state index in [0.717, 1.165) is 51.6 Å². The van der Waals surface area contributed by atoms with Crippen molar-refractivity contribution in [2.75, 3.05) is 31.5 Å². The monoisotopic (exact) mass is 462 g/mol. The first-order valence-corrected chi connectivity index (χ1v) is 13.0. The molecule has 1 saturated heterocycles. The lowest BCUT2D eigenvalue weighted by atomic mass is 9.88. The molecule has 1 aromatic rings. The van der Waals surface area contributed by atoms with Crippen molar-refractivity contribution in [2.45, 2.75) is 72.1 Å². The van der Waals surface area contributed by atoms with E-state index < -0.39 is 0 Å². The topological polar surface area (TPSA) is 82.6 Å². The fourth-order valence-electron chi connectivity index (χ4n) is 4.58. The molecule has 0 spiro atoms. The molecule has 8 heteroatoms. The summed E-state index contributed by atoms with van der Waals surface area (Å²) in [6.45, 7) is 8.60. The Morgan fingerprint density at radius 1 is 1.16 bits per heavy atom. The summed E-state index contributed by atoms with van der Waals surface area (Å²) in [7, 11) is 0. The molecule has 0 unspecified atom stereocenters. The minimum absolute atomic E-state index is 0.0468. The van der Waals surface area contributed by atoms with Crippen LogP contribution in [0, 0.1) is 17.8 Å². The molecule has 178 valence electrons. The second-order valence-corrected chi connectivity index (χ2v) is 10.7. The van der Waals surface area contributed by atoms with E-state index >= 15 is 0 Å². The van der Waals surface area contributed by atoms with Crippen LogP contribution in [0.3, 0.4) is 0 Å². The lowest BCUT2D eigenvalue weighted by Crippen LogP contribution is -2.43. The fraction of sp³-hybridized carbons (Fsp3) is 0.750. The van der Waals surface area contributed by atoms with Gasteiger partial charge in [-0.3, -0.25) is 14.4 Å². The number of carbonyl (C=O) groups excluding carboxylic acids is 3. The molecular formula is C24H38N4O3S. The molecular weight excluding hydrogens is 424 g/mol. The van der Waals surface area contributed by atoms with Crippen LogP contribution in [0.4, 0.5) is 5.13 Å². The number of rotatable bonds is 8. The number of likely N-dealkylation sites (tertiary alicyclic amines) is 1. The van der Waals surface area contributed by atoms with Gasteiger partial charge in [-0.1, -0.05) is 40.0 Å². The van der Waals surface area contributed by atoms with Gasteiger partial charge in [0, 0.05) is 30.9 Å². The normalized spacial score (nSPS) is 18.1. The third kappa shape index (κ3) is 7.29. The first kappa shape index (κ1) is 24.7. The Hall–Kier alpha value is -1.96. The van der Waals surface area contributed by atoms with Gasteiger partial charge in [0.15, 0.2) is 5.13 Å². The Kier molecular flexibility index (Phi) is 9.08. The predicted molar refractivity (Wildman–Crippen MR) is 127 cm³/mol. The van der Waals surface area contributed by atoms with E-state index in [2.05, 4.69) is 31.1 Å². The number of thiazole rings is 1. The highest BCUT2D eigenvalue weighted by Crippen LogP contribution is 2.26. The van der Waals surface area contributed by atoms with E-state index in [4.69, 9.17) is 0 Å². The summed E-state index contributed by atoms with van der Waals surface area (Å²) < 4.78 is 0. The average molecular weight is 463 g/mol. The number of nitrogens with zero attached hydrogens (tertiary/aromatic N) is 3. The van der Waals surface area contributed by atoms with Gasteiger partial charge in [-0.05, 0) is 37.5 Å². The van der Waals surface area contributed by atoms with E-state index in [1.54, 1.807) is 4.90 Å². The van der Waals surface area contributed by atoms with Crippen molar-refractivity contribution in [1.29, 1.82) is 0 Å². The zero-order chi connectivity index (χ0) is 23.1. The van der Waals surface area contributed by atoms with E-state index in [1.165, 1.54) is 17.8 Å². The molecule has 1 aliphatic carbocycles. The fourth-order valence-corrected chi connectivity index (χ4v) is 5.31.